The van der Waals surface area contributed by atoms with Gasteiger partial charge in [0.15, 0.2) is 9.84 Å². The number of rotatable bonds is 3. The van der Waals surface area contributed by atoms with E-state index in [2.05, 4.69) is 21.2 Å². The third kappa shape index (κ3) is 3.26. The van der Waals surface area contributed by atoms with Crippen molar-refractivity contribution in [2.75, 3.05) is 6.54 Å². The predicted molar refractivity (Wildman–Crippen MR) is 78.9 cm³/mol. The van der Waals surface area contributed by atoms with Crippen LogP contribution in [0.3, 0.4) is 0 Å². The van der Waals surface area contributed by atoms with Gasteiger partial charge in [0.2, 0.25) is 5.91 Å². The number of aromatic carboxylic acids is 1. The number of carboxylic acids is 1. The Morgan fingerprint density at radius 2 is 2.05 bits per heavy atom. The van der Waals surface area contributed by atoms with Crippen LogP contribution in [0.5, 0.6) is 0 Å². The molecule has 2 rings (SSSR count). The Kier molecular flexibility index (Phi) is 4.67. The fourth-order valence-electron chi connectivity index (χ4n) is 2.22. The molecule has 1 aliphatic rings. The van der Waals surface area contributed by atoms with Crippen molar-refractivity contribution in [1.82, 2.24) is 5.32 Å². The maximum Gasteiger partial charge on any atom is 0.336 e. The van der Waals surface area contributed by atoms with Gasteiger partial charge in [-0.05, 0) is 53.4 Å². The highest BCUT2D eigenvalue weighted by Gasteiger charge is 2.35. The molecule has 0 saturated carbocycles. The first-order valence-electron chi connectivity index (χ1n) is 6.38. The molecule has 1 fully saturated rings. The number of nitrogens with one attached hydrogen (secondary N) is 1. The standard InChI is InChI=1S/C13H14BrNO5S/c14-10-5-4-8(7-9(10)13(17)18)21(19,20)11-3-1-2-6-15-12(11)16/h4-5,7,11H,1-3,6H2,(H,15,16)(H,17,18). The summed E-state index contributed by atoms with van der Waals surface area (Å²) in [5.41, 5.74) is -0.148. The average Bonchev–Trinajstić information content (AvgIpc) is 2.63. The van der Waals surface area contributed by atoms with Crippen molar-refractivity contribution in [2.45, 2.75) is 29.4 Å². The van der Waals surface area contributed by atoms with Crippen LogP contribution < -0.4 is 5.32 Å². The van der Waals surface area contributed by atoms with Crippen molar-refractivity contribution in [3.05, 3.63) is 28.2 Å². The number of hydrogen-bond donors (Lipinski definition) is 2. The monoisotopic (exact) mass is 375 g/mol. The van der Waals surface area contributed by atoms with Crippen LogP contribution in [0.25, 0.3) is 0 Å². The van der Waals surface area contributed by atoms with Gasteiger partial charge in [0.25, 0.3) is 0 Å². The summed E-state index contributed by atoms with van der Waals surface area (Å²) in [5, 5.41) is 10.5. The van der Waals surface area contributed by atoms with Gasteiger partial charge in [-0.1, -0.05) is 0 Å². The second-order valence-corrected chi connectivity index (χ2v) is 7.75. The Morgan fingerprint density at radius 1 is 1.33 bits per heavy atom. The lowest BCUT2D eigenvalue weighted by Gasteiger charge is -2.15. The van der Waals surface area contributed by atoms with E-state index in [1.807, 2.05) is 0 Å². The minimum atomic E-state index is -3.90. The molecule has 0 spiro atoms. The summed E-state index contributed by atoms with van der Waals surface area (Å²) in [6.07, 6.45) is 1.61. The lowest BCUT2D eigenvalue weighted by Crippen LogP contribution is -2.38. The number of hydrogen-bond acceptors (Lipinski definition) is 4. The lowest BCUT2D eigenvalue weighted by atomic mass is 10.2. The number of carbonyl (C=O) groups excluding carboxylic acids is 1. The van der Waals surface area contributed by atoms with Crippen LogP contribution in [0.2, 0.25) is 0 Å². The molecule has 0 aliphatic carbocycles. The molecule has 0 radical (unpaired) electrons. The summed E-state index contributed by atoms with van der Waals surface area (Å²) in [7, 11) is -3.90. The van der Waals surface area contributed by atoms with Gasteiger partial charge in [0.1, 0.15) is 5.25 Å². The van der Waals surface area contributed by atoms with E-state index in [9.17, 15) is 18.0 Å². The second kappa shape index (κ2) is 6.15. The van der Waals surface area contributed by atoms with E-state index in [4.69, 9.17) is 5.11 Å². The number of carboxylic acid groups (broad SMARTS) is 1. The van der Waals surface area contributed by atoms with Gasteiger partial charge in [0.05, 0.1) is 10.5 Å². The van der Waals surface area contributed by atoms with E-state index >= 15 is 0 Å². The highest BCUT2D eigenvalue weighted by molar-refractivity contribution is 9.10. The zero-order valence-electron chi connectivity index (χ0n) is 11.0. The average molecular weight is 376 g/mol. The Labute approximate surface area is 130 Å². The number of benzene rings is 1. The predicted octanol–water partition coefficient (Wildman–Crippen LogP) is 1.59. The number of sulfone groups is 1. The molecule has 1 unspecified atom stereocenters. The van der Waals surface area contributed by atoms with Crippen LogP contribution in [0.15, 0.2) is 27.6 Å². The highest BCUT2D eigenvalue weighted by Crippen LogP contribution is 2.26. The van der Waals surface area contributed by atoms with Gasteiger partial charge in [0, 0.05) is 11.0 Å². The van der Waals surface area contributed by atoms with Gasteiger partial charge < -0.3 is 10.4 Å². The van der Waals surface area contributed by atoms with Gasteiger partial charge >= 0.3 is 5.97 Å². The Hall–Kier alpha value is -1.41. The van der Waals surface area contributed by atoms with Crippen molar-refractivity contribution < 1.29 is 23.1 Å². The molecule has 1 saturated heterocycles. The van der Waals surface area contributed by atoms with Crippen molar-refractivity contribution in [3.8, 4) is 0 Å². The van der Waals surface area contributed by atoms with E-state index < -0.39 is 27.0 Å². The summed E-state index contributed by atoms with van der Waals surface area (Å²) >= 11 is 3.06. The fraction of sp³-hybridized carbons (Fsp3) is 0.385. The van der Waals surface area contributed by atoms with E-state index in [1.54, 1.807) is 0 Å². The second-order valence-electron chi connectivity index (χ2n) is 4.77. The number of amides is 1. The number of halogens is 1. The van der Waals surface area contributed by atoms with Crippen molar-refractivity contribution >= 4 is 37.6 Å². The van der Waals surface area contributed by atoms with Crippen LogP contribution >= 0.6 is 15.9 Å². The molecule has 1 aliphatic heterocycles. The van der Waals surface area contributed by atoms with Crippen LogP contribution in [0.4, 0.5) is 0 Å². The molecule has 1 heterocycles. The minimum absolute atomic E-state index is 0.148. The Morgan fingerprint density at radius 3 is 2.71 bits per heavy atom. The molecule has 21 heavy (non-hydrogen) atoms. The molecular weight excluding hydrogens is 362 g/mol. The molecule has 2 N–H and O–H groups in total. The van der Waals surface area contributed by atoms with Gasteiger partial charge in [-0.3, -0.25) is 4.79 Å². The molecule has 1 aromatic rings. The van der Waals surface area contributed by atoms with Crippen molar-refractivity contribution in [1.29, 1.82) is 0 Å². The molecule has 0 bridgehead atoms. The SMILES string of the molecule is O=C(O)c1cc(S(=O)(=O)C2CCCCNC2=O)ccc1Br. The lowest BCUT2D eigenvalue weighted by molar-refractivity contribution is -0.120. The molecule has 1 aromatic carbocycles. The summed E-state index contributed by atoms with van der Waals surface area (Å²) in [6.45, 7) is 0.464. The molecular formula is C13H14BrNO5S. The normalized spacial score (nSPS) is 19.7. The first-order chi connectivity index (χ1) is 9.84. The molecule has 1 atom stereocenters. The summed E-state index contributed by atoms with van der Waals surface area (Å²) in [6, 6.07) is 3.76. The van der Waals surface area contributed by atoms with E-state index in [0.29, 0.717) is 17.4 Å². The zero-order valence-corrected chi connectivity index (χ0v) is 13.4. The first-order valence-corrected chi connectivity index (χ1v) is 8.72. The largest absolute Gasteiger partial charge is 0.478 e. The summed E-state index contributed by atoms with van der Waals surface area (Å²) in [5.74, 6) is -1.75. The molecule has 0 aromatic heterocycles. The maximum absolute atomic E-state index is 12.6. The van der Waals surface area contributed by atoms with E-state index in [0.717, 1.165) is 12.5 Å². The van der Waals surface area contributed by atoms with E-state index in [1.165, 1.54) is 12.1 Å². The van der Waals surface area contributed by atoms with Crippen LogP contribution in [0, 0.1) is 0 Å². The van der Waals surface area contributed by atoms with Gasteiger partial charge in [-0.2, -0.15) is 0 Å². The molecule has 8 heteroatoms. The summed E-state index contributed by atoms with van der Waals surface area (Å²) < 4.78 is 25.4. The Balaban J connectivity index is 2.46. The summed E-state index contributed by atoms with van der Waals surface area (Å²) in [4.78, 5) is 22.8. The number of carbonyl (C=O) groups is 2. The molecule has 1 amide bonds. The van der Waals surface area contributed by atoms with Crippen molar-refractivity contribution in [3.63, 3.8) is 0 Å². The smallest absolute Gasteiger partial charge is 0.336 e. The fourth-order valence-corrected chi connectivity index (χ4v) is 4.34. The highest BCUT2D eigenvalue weighted by atomic mass is 79.9. The molecule has 114 valence electrons. The van der Waals surface area contributed by atoms with Crippen LogP contribution in [0.1, 0.15) is 29.6 Å². The van der Waals surface area contributed by atoms with Crippen molar-refractivity contribution in [2.24, 2.45) is 0 Å². The van der Waals surface area contributed by atoms with Crippen LogP contribution in [-0.4, -0.2) is 37.2 Å². The minimum Gasteiger partial charge on any atom is -0.478 e. The Bertz CT molecular complexity index is 686. The first kappa shape index (κ1) is 16.0. The molecule has 6 nitrogen and oxygen atoms in total. The quantitative estimate of drug-likeness (QED) is 0.835. The van der Waals surface area contributed by atoms with Crippen LogP contribution in [-0.2, 0) is 14.6 Å². The zero-order chi connectivity index (χ0) is 15.6. The third-order valence-electron chi connectivity index (χ3n) is 3.36. The topological polar surface area (TPSA) is 101 Å². The third-order valence-corrected chi connectivity index (χ3v) is 6.16. The van der Waals surface area contributed by atoms with Gasteiger partial charge in [-0.25, -0.2) is 13.2 Å². The van der Waals surface area contributed by atoms with E-state index in [-0.39, 0.29) is 16.9 Å². The van der Waals surface area contributed by atoms with Gasteiger partial charge in [-0.15, -0.1) is 0 Å². The maximum atomic E-state index is 12.6.